The Morgan fingerprint density at radius 2 is 1.82 bits per heavy atom. The van der Waals surface area contributed by atoms with Crippen molar-refractivity contribution < 1.29 is 9.47 Å². The average molecular weight is 237 g/mol. The maximum Gasteiger partial charge on any atom is 0.162 e. The molecule has 3 nitrogen and oxygen atoms in total. The fourth-order valence-electron chi connectivity index (χ4n) is 1.39. The quantitative estimate of drug-likeness (QED) is 0.793. The van der Waals surface area contributed by atoms with E-state index >= 15 is 0 Å². The number of hydrogen-bond acceptors (Lipinski definition) is 3. The molecular formula is C14H23NO2. The van der Waals surface area contributed by atoms with E-state index in [4.69, 9.17) is 15.2 Å². The Kier molecular flexibility index (Phi) is 5.29. The molecule has 0 spiro atoms. The van der Waals surface area contributed by atoms with E-state index in [2.05, 4.69) is 13.8 Å². The summed E-state index contributed by atoms with van der Waals surface area (Å²) in [6.45, 7) is 7.36. The molecule has 1 atom stereocenters. The maximum atomic E-state index is 5.98. The smallest absolute Gasteiger partial charge is 0.162 e. The monoisotopic (exact) mass is 237 g/mol. The third-order valence-electron chi connectivity index (χ3n) is 2.85. The number of benzene rings is 1. The molecule has 0 radical (unpaired) electrons. The van der Waals surface area contributed by atoms with Crippen LogP contribution in [0.15, 0.2) is 24.3 Å². The van der Waals surface area contributed by atoms with Gasteiger partial charge < -0.3 is 15.2 Å². The second-order valence-corrected chi connectivity index (χ2v) is 4.40. The molecule has 96 valence electrons. The van der Waals surface area contributed by atoms with Crippen LogP contribution < -0.4 is 15.2 Å². The van der Waals surface area contributed by atoms with E-state index < -0.39 is 0 Å². The molecule has 0 fully saturated rings. The lowest BCUT2D eigenvalue weighted by Gasteiger charge is -2.28. The summed E-state index contributed by atoms with van der Waals surface area (Å²) in [4.78, 5) is 0. The van der Waals surface area contributed by atoms with Crippen LogP contribution in [0.25, 0.3) is 0 Å². The molecule has 0 bridgehead atoms. The predicted octanol–water partition coefficient (Wildman–Crippen LogP) is 2.98. The summed E-state index contributed by atoms with van der Waals surface area (Å²) >= 11 is 0. The van der Waals surface area contributed by atoms with Gasteiger partial charge in [0.05, 0.1) is 6.61 Å². The van der Waals surface area contributed by atoms with Crippen molar-refractivity contribution >= 4 is 0 Å². The molecule has 0 aliphatic rings. The van der Waals surface area contributed by atoms with Crippen molar-refractivity contribution in [1.82, 2.24) is 0 Å². The molecule has 0 aromatic heterocycles. The fourth-order valence-corrected chi connectivity index (χ4v) is 1.39. The van der Waals surface area contributed by atoms with Gasteiger partial charge in [0.25, 0.3) is 0 Å². The first-order valence-electron chi connectivity index (χ1n) is 6.26. The van der Waals surface area contributed by atoms with Crippen molar-refractivity contribution in [3.05, 3.63) is 24.3 Å². The van der Waals surface area contributed by atoms with Crippen LogP contribution in [0.2, 0.25) is 0 Å². The van der Waals surface area contributed by atoms with Crippen molar-refractivity contribution in [1.29, 1.82) is 0 Å². The number of hydrogen-bond donors (Lipinski definition) is 1. The minimum absolute atomic E-state index is 0.328. The Labute approximate surface area is 104 Å². The molecule has 0 heterocycles. The lowest BCUT2D eigenvalue weighted by molar-refractivity contribution is 0.0882. The van der Waals surface area contributed by atoms with E-state index in [1.54, 1.807) is 0 Å². The van der Waals surface area contributed by atoms with Crippen molar-refractivity contribution in [2.24, 2.45) is 5.73 Å². The van der Waals surface area contributed by atoms with Crippen molar-refractivity contribution in [2.45, 2.75) is 39.2 Å². The largest absolute Gasteiger partial charge is 0.490 e. The summed E-state index contributed by atoms with van der Waals surface area (Å²) in [5, 5.41) is 0. The van der Waals surface area contributed by atoms with Crippen molar-refractivity contribution in [2.75, 3.05) is 13.2 Å². The molecule has 17 heavy (non-hydrogen) atoms. The Hall–Kier alpha value is -1.22. The molecule has 1 aromatic rings. The maximum absolute atomic E-state index is 5.98. The molecule has 0 amide bonds. The molecule has 1 aromatic carbocycles. The van der Waals surface area contributed by atoms with Crippen LogP contribution >= 0.6 is 0 Å². The molecule has 1 rings (SSSR count). The first-order chi connectivity index (χ1) is 8.15. The van der Waals surface area contributed by atoms with Gasteiger partial charge in [0.1, 0.15) is 5.60 Å². The van der Waals surface area contributed by atoms with Gasteiger partial charge in [-0.3, -0.25) is 0 Å². The highest BCUT2D eigenvalue weighted by Gasteiger charge is 2.23. The van der Waals surface area contributed by atoms with E-state index in [1.165, 1.54) is 0 Å². The molecule has 0 aliphatic heterocycles. The first kappa shape index (κ1) is 13.8. The number of rotatable bonds is 7. The first-order valence-corrected chi connectivity index (χ1v) is 6.26. The zero-order valence-electron chi connectivity index (χ0n) is 11.0. The van der Waals surface area contributed by atoms with Gasteiger partial charge in [-0.1, -0.05) is 26.0 Å². The summed E-state index contributed by atoms with van der Waals surface area (Å²) in [6, 6.07) is 7.75. The summed E-state index contributed by atoms with van der Waals surface area (Å²) in [5.41, 5.74) is 5.42. The van der Waals surface area contributed by atoms with Gasteiger partial charge in [0.2, 0.25) is 0 Å². The summed E-state index contributed by atoms with van der Waals surface area (Å²) < 4.78 is 11.6. The van der Waals surface area contributed by atoms with Crippen molar-refractivity contribution in [3.63, 3.8) is 0 Å². The van der Waals surface area contributed by atoms with E-state index in [-0.39, 0.29) is 5.60 Å². The standard InChI is InChI=1S/C14H23NO2/c1-4-10-16-12-8-6-7-9-13(12)17-14(3,5-2)11-15/h6-9H,4-5,10-11,15H2,1-3H3. The summed E-state index contributed by atoms with van der Waals surface area (Å²) in [7, 11) is 0. The third-order valence-corrected chi connectivity index (χ3v) is 2.85. The number of ether oxygens (including phenoxy) is 2. The van der Waals surface area contributed by atoms with Gasteiger partial charge in [-0.25, -0.2) is 0 Å². The zero-order chi connectivity index (χ0) is 12.7. The normalized spacial score (nSPS) is 14.1. The van der Waals surface area contributed by atoms with Gasteiger partial charge in [-0.15, -0.1) is 0 Å². The molecule has 0 aliphatic carbocycles. The second kappa shape index (κ2) is 6.50. The Morgan fingerprint density at radius 1 is 1.18 bits per heavy atom. The highest BCUT2D eigenvalue weighted by Crippen LogP contribution is 2.30. The van der Waals surface area contributed by atoms with Gasteiger partial charge in [-0.05, 0) is 31.9 Å². The van der Waals surface area contributed by atoms with E-state index in [9.17, 15) is 0 Å². The van der Waals surface area contributed by atoms with Crippen molar-refractivity contribution in [3.8, 4) is 11.5 Å². The van der Waals surface area contributed by atoms with Crippen LogP contribution in [0.1, 0.15) is 33.6 Å². The van der Waals surface area contributed by atoms with Crippen LogP contribution in [-0.2, 0) is 0 Å². The minimum Gasteiger partial charge on any atom is -0.490 e. The van der Waals surface area contributed by atoms with Crippen LogP contribution in [-0.4, -0.2) is 18.8 Å². The molecule has 1 unspecified atom stereocenters. The van der Waals surface area contributed by atoms with Crippen LogP contribution in [0, 0.1) is 0 Å². The van der Waals surface area contributed by atoms with Crippen LogP contribution in [0.4, 0.5) is 0 Å². The molecule has 3 heteroatoms. The highest BCUT2D eigenvalue weighted by atomic mass is 16.5. The van der Waals surface area contributed by atoms with E-state index in [0.29, 0.717) is 13.2 Å². The van der Waals surface area contributed by atoms with Gasteiger partial charge in [0.15, 0.2) is 11.5 Å². The number of para-hydroxylation sites is 2. The highest BCUT2D eigenvalue weighted by molar-refractivity contribution is 5.39. The average Bonchev–Trinajstić information content (AvgIpc) is 2.37. The molecular weight excluding hydrogens is 214 g/mol. The third kappa shape index (κ3) is 3.93. The topological polar surface area (TPSA) is 44.5 Å². The van der Waals surface area contributed by atoms with Crippen LogP contribution in [0.3, 0.4) is 0 Å². The van der Waals surface area contributed by atoms with Gasteiger partial charge >= 0.3 is 0 Å². The molecule has 0 saturated carbocycles. The SMILES string of the molecule is CCCOc1ccccc1OC(C)(CC)CN. The number of nitrogens with two attached hydrogens (primary N) is 1. The Balaban J connectivity index is 2.82. The zero-order valence-corrected chi connectivity index (χ0v) is 11.0. The van der Waals surface area contributed by atoms with Crippen LogP contribution in [0.5, 0.6) is 11.5 Å². The van der Waals surface area contributed by atoms with E-state index in [1.807, 2.05) is 31.2 Å². The lowest BCUT2D eigenvalue weighted by atomic mass is 10.0. The Morgan fingerprint density at radius 3 is 2.35 bits per heavy atom. The molecule has 0 saturated heterocycles. The lowest BCUT2D eigenvalue weighted by Crippen LogP contribution is -2.39. The minimum atomic E-state index is -0.328. The molecule has 2 N–H and O–H groups in total. The summed E-state index contributed by atoms with van der Waals surface area (Å²) in [5.74, 6) is 1.57. The van der Waals surface area contributed by atoms with E-state index in [0.717, 1.165) is 24.3 Å². The van der Waals surface area contributed by atoms with Gasteiger partial charge in [-0.2, -0.15) is 0 Å². The second-order valence-electron chi connectivity index (χ2n) is 4.40. The summed E-state index contributed by atoms with van der Waals surface area (Å²) in [6.07, 6.45) is 1.85. The van der Waals surface area contributed by atoms with Gasteiger partial charge in [0, 0.05) is 6.54 Å². The Bertz CT molecular complexity index is 335. The fraction of sp³-hybridized carbons (Fsp3) is 0.571. The predicted molar refractivity (Wildman–Crippen MR) is 70.6 cm³/mol.